The average molecular weight is 303 g/mol. The summed E-state index contributed by atoms with van der Waals surface area (Å²) >= 11 is 6.40. The van der Waals surface area contributed by atoms with E-state index in [0.717, 1.165) is 55.1 Å². The van der Waals surface area contributed by atoms with Gasteiger partial charge in [-0.1, -0.05) is 24.6 Å². The van der Waals surface area contributed by atoms with E-state index in [1.165, 1.54) is 6.42 Å². The van der Waals surface area contributed by atoms with Gasteiger partial charge in [-0.3, -0.25) is 0 Å². The number of pyridine rings is 1. The molecule has 1 aliphatic heterocycles. The van der Waals surface area contributed by atoms with E-state index < -0.39 is 0 Å². The number of hydrogen-bond acceptors (Lipinski definition) is 3. The van der Waals surface area contributed by atoms with Crippen molar-refractivity contribution in [3.8, 4) is 0 Å². The summed E-state index contributed by atoms with van der Waals surface area (Å²) in [5.74, 6) is 3.92. The summed E-state index contributed by atoms with van der Waals surface area (Å²) in [6, 6.07) is 4.21. The summed E-state index contributed by atoms with van der Waals surface area (Å²) < 4.78 is 2.13. The first-order valence-corrected chi connectivity index (χ1v) is 8.02. The summed E-state index contributed by atoms with van der Waals surface area (Å²) in [6.07, 6.45) is 6.16. The van der Waals surface area contributed by atoms with Crippen LogP contribution in [0.25, 0.3) is 0 Å². The van der Waals surface area contributed by atoms with Crippen LogP contribution in [0.5, 0.6) is 0 Å². The zero-order chi connectivity index (χ0) is 14.4. The first-order valence-electron chi connectivity index (χ1n) is 7.65. The lowest BCUT2D eigenvalue weighted by molar-refractivity contribution is 0.728. The van der Waals surface area contributed by atoms with Gasteiger partial charge in [0.05, 0.1) is 6.54 Å². The first-order chi connectivity index (χ1) is 10.2. The fourth-order valence-electron chi connectivity index (χ4n) is 3.31. The second-order valence-corrected chi connectivity index (χ2v) is 6.46. The molecule has 0 N–H and O–H groups in total. The van der Waals surface area contributed by atoms with Gasteiger partial charge >= 0.3 is 0 Å². The number of nitrogens with zero attached hydrogens (tertiary/aromatic N) is 4. The highest BCUT2D eigenvalue weighted by Gasteiger charge is 2.45. The lowest BCUT2D eigenvalue weighted by atomic mass is 10.2. The molecule has 0 amide bonds. The molecule has 2 fully saturated rings. The van der Waals surface area contributed by atoms with E-state index in [2.05, 4.69) is 38.5 Å². The normalized spacial score (nSPS) is 23.4. The quantitative estimate of drug-likeness (QED) is 0.814. The van der Waals surface area contributed by atoms with Crippen molar-refractivity contribution < 1.29 is 0 Å². The standard InChI is InChI=1S/C16H19ClN4/c1-2-14-18-5-6-20(14)8-11-3-4-15(19-16(11)17)21-9-12-7-13(12)10-21/h3-6,12-13H,2,7-10H2,1H3. The number of piperidine rings is 1. The van der Waals surface area contributed by atoms with Gasteiger partial charge in [-0.2, -0.15) is 0 Å². The second-order valence-electron chi connectivity index (χ2n) is 6.11. The number of aromatic nitrogens is 3. The third kappa shape index (κ3) is 2.42. The molecule has 0 aromatic carbocycles. The van der Waals surface area contributed by atoms with Crippen LogP contribution in [0.2, 0.25) is 5.15 Å². The maximum absolute atomic E-state index is 6.40. The molecule has 4 nitrogen and oxygen atoms in total. The highest BCUT2D eigenvalue weighted by Crippen LogP contribution is 2.46. The third-order valence-corrected chi connectivity index (χ3v) is 5.00. The van der Waals surface area contributed by atoms with Crippen LogP contribution in [-0.2, 0) is 13.0 Å². The molecule has 1 aliphatic carbocycles. The zero-order valence-corrected chi connectivity index (χ0v) is 12.9. The molecule has 110 valence electrons. The smallest absolute Gasteiger partial charge is 0.136 e. The summed E-state index contributed by atoms with van der Waals surface area (Å²) in [7, 11) is 0. The predicted octanol–water partition coefficient (Wildman–Crippen LogP) is 3.00. The minimum absolute atomic E-state index is 0.615. The molecule has 0 spiro atoms. The van der Waals surface area contributed by atoms with Gasteiger partial charge in [0.2, 0.25) is 0 Å². The van der Waals surface area contributed by atoms with Crippen LogP contribution in [0.3, 0.4) is 0 Å². The lowest BCUT2D eigenvalue weighted by Gasteiger charge is -2.19. The Morgan fingerprint density at radius 2 is 2.10 bits per heavy atom. The van der Waals surface area contributed by atoms with Crippen molar-refractivity contribution >= 4 is 17.4 Å². The molecule has 4 rings (SSSR count). The van der Waals surface area contributed by atoms with Gasteiger partial charge in [-0.25, -0.2) is 9.97 Å². The number of aryl methyl sites for hydroxylation is 1. The maximum Gasteiger partial charge on any atom is 0.136 e. The SMILES string of the molecule is CCc1nccn1Cc1ccc(N2CC3CC3C2)nc1Cl. The Balaban J connectivity index is 1.53. The van der Waals surface area contributed by atoms with Crippen molar-refractivity contribution in [1.82, 2.24) is 14.5 Å². The molecule has 1 saturated heterocycles. The number of hydrogen-bond donors (Lipinski definition) is 0. The molecule has 2 aromatic rings. The van der Waals surface area contributed by atoms with Crippen molar-refractivity contribution in [2.75, 3.05) is 18.0 Å². The van der Waals surface area contributed by atoms with Crippen LogP contribution in [-0.4, -0.2) is 27.6 Å². The summed E-state index contributed by atoms with van der Waals surface area (Å²) in [5.41, 5.74) is 1.05. The fraction of sp³-hybridized carbons (Fsp3) is 0.500. The van der Waals surface area contributed by atoms with Crippen molar-refractivity contribution in [2.45, 2.75) is 26.3 Å². The summed E-state index contributed by atoms with van der Waals surface area (Å²) in [4.78, 5) is 11.3. The molecule has 2 aliphatic rings. The first kappa shape index (κ1) is 13.1. The largest absolute Gasteiger partial charge is 0.356 e. The van der Waals surface area contributed by atoms with E-state index in [4.69, 9.17) is 11.6 Å². The highest BCUT2D eigenvalue weighted by atomic mass is 35.5. The molecule has 0 bridgehead atoms. The molecular formula is C16H19ClN4. The minimum atomic E-state index is 0.615. The van der Waals surface area contributed by atoms with Gasteiger partial charge in [0.25, 0.3) is 0 Å². The van der Waals surface area contributed by atoms with Gasteiger partial charge < -0.3 is 9.47 Å². The Hall–Kier alpha value is -1.55. The molecule has 1 saturated carbocycles. The van der Waals surface area contributed by atoms with Gasteiger partial charge in [0.15, 0.2) is 0 Å². The molecule has 5 heteroatoms. The van der Waals surface area contributed by atoms with Crippen LogP contribution in [0.4, 0.5) is 5.82 Å². The fourth-order valence-corrected chi connectivity index (χ4v) is 3.52. The predicted molar refractivity (Wildman–Crippen MR) is 83.8 cm³/mol. The molecule has 2 unspecified atom stereocenters. The van der Waals surface area contributed by atoms with E-state index in [-0.39, 0.29) is 0 Å². The topological polar surface area (TPSA) is 34.0 Å². The molecule has 2 atom stereocenters. The number of anilines is 1. The molecule has 0 radical (unpaired) electrons. The second kappa shape index (κ2) is 5.02. The Morgan fingerprint density at radius 1 is 1.29 bits per heavy atom. The van der Waals surface area contributed by atoms with E-state index in [1.807, 2.05) is 12.4 Å². The number of halogens is 1. The Labute approximate surface area is 129 Å². The van der Waals surface area contributed by atoms with Gasteiger partial charge in [-0.05, 0) is 24.3 Å². The van der Waals surface area contributed by atoms with Crippen molar-refractivity contribution in [1.29, 1.82) is 0 Å². The van der Waals surface area contributed by atoms with E-state index >= 15 is 0 Å². The molecular weight excluding hydrogens is 284 g/mol. The van der Waals surface area contributed by atoms with Crippen LogP contribution in [0.1, 0.15) is 24.7 Å². The minimum Gasteiger partial charge on any atom is -0.356 e. The molecule has 2 aromatic heterocycles. The van der Waals surface area contributed by atoms with Gasteiger partial charge in [-0.15, -0.1) is 0 Å². The number of fused-ring (bicyclic) bond motifs is 1. The monoisotopic (exact) mass is 302 g/mol. The van der Waals surface area contributed by atoms with Crippen LogP contribution in [0, 0.1) is 11.8 Å². The average Bonchev–Trinajstić information content (AvgIpc) is 2.90. The van der Waals surface area contributed by atoms with Crippen molar-refractivity contribution in [3.05, 3.63) is 41.1 Å². The van der Waals surface area contributed by atoms with Crippen LogP contribution < -0.4 is 4.90 Å². The van der Waals surface area contributed by atoms with E-state index in [0.29, 0.717) is 5.15 Å². The Kier molecular flexibility index (Phi) is 3.14. The van der Waals surface area contributed by atoms with Crippen molar-refractivity contribution in [3.63, 3.8) is 0 Å². The van der Waals surface area contributed by atoms with E-state index in [9.17, 15) is 0 Å². The summed E-state index contributed by atoms with van der Waals surface area (Å²) in [6.45, 7) is 5.14. The Morgan fingerprint density at radius 3 is 2.81 bits per heavy atom. The van der Waals surface area contributed by atoms with Crippen molar-refractivity contribution in [2.24, 2.45) is 11.8 Å². The third-order valence-electron chi connectivity index (χ3n) is 4.67. The van der Waals surface area contributed by atoms with Gasteiger partial charge in [0.1, 0.15) is 16.8 Å². The van der Waals surface area contributed by atoms with Crippen LogP contribution >= 0.6 is 11.6 Å². The van der Waals surface area contributed by atoms with Crippen LogP contribution in [0.15, 0.2) is 24.5 Å². The Bertz CT molecular complexity index is 656. The van der Waals surface area contributed by atoms with Gasteiger partial charge in [0, 0.05) is 37.5 Å². The molecule has 21 heavy (non-hydrogen) atoms. The maximum atomic E-state index is 6.40. The number of imidazole rings is 1. The number of rotatable bonds is 4. The summed E-state index contributed by atoms with van der Waals surface area (Å²) in [5, 5.41) is 0.615. The highest BCUT2D eigenvalue weighted by molar-refractivity contribution is 6.30. The molecule has 3 heterocycles. The van der Waals surface area contributed by atoms with E-state index in [1.54, 1.807) is 0 Å². The lowest BCUT2D eigenvalue weighted by Crippen LogP contribution is -2.23. The zero-order valence-electron chi connectivity index (χ0n) is 12.2.